The molecule has 0 saturated heterocycles. The zero-order valence-corrected chi connectivity index (χ0v) is 12.5. The van der Waals surface area contributed by atoms with Gasteiger partial charge in [-0.2, -0.15) is 0 Å². The van der Waals surface area contributed by atoms with E-state index in [9.17, 15) is 0 Å². The summed E-state index contributed by atoms with van der Waals surface area (Å²) >= 11 is 1.70. The molecule has 3 nitrogen and oxygen atoms in total. The lowest BCUT2D eigenvalue weighted by atomic mass is 10.1. The number of nitrogens with one attached hydrogen (secondary N) is 1. The number of ether oxygens (including phenoxy) is 1. The fourth-order valence-corrected chi connectivity index (χ4v) is 2.71. The molecule has 0 radical (unpaired) electrons. The number of rotatable bonds is 6. The van der Waals surface area contributed by atoms with Crippen molar-refractivity contribution in [1.29, 1.82) is 0 Å². The zero-order valence-electron chi connectivity index (χ0n) is 11.6. The van der Waals surface area contributed by atoms with Crippen molar-refractivity contribution in [1.82, 2.24) is 10.3 Å². The van der Waals surface area contributed by atoms with Crippen molar-refractivity contribution >= 4 is 11.3 Å². The molecule has 1 N–H and O–H groups in total. The molecule has 0 bridgehead atoms. The number of hydrogen-bond donors (Lipinski definition) is 1. The van der Waals surface area contributed by atoms with E-state index in [1.165, 1.54) is 10.4 Å². The van der Waals surface area contributed by atoms with E-state index in [2.05, 4.69) is 23.3 Å². The third-order valence-electron chi connectivity index (χ3n) is 3.25. The van der Waals surface area contributed by atoms with Gasteiger partial charge in [0.25, 0.3) is 0 Å². The first kappa shape index (κ1) is 14.0. The van der Waals surface area contributed by atoms with Gasteiger partial charge in [-0.1, -0.05) is 18.2 Å². The number of aryl methyl sites for hydroxylation is 1. The lowest BCUT2D eigenvalue weighted by molar-refractivity contribution is 0.316. The van der Waals surface area contributed by atoms with Crippen molar-refractivity contribution in [2.75, 3.05) is 13.7 Å². The monoisotopic (exact) mass is 276 g/mol. The molecule has 102 valence electrons. The molecule has 0 aliphatic heterocycles. The Hall–Kier alpha value is -1.39. The summed E-state index contributed by atoms with van der Waals surface area (Å²) in [6, 6.07) is 8.49. The van der Waals surface area contributed by atoms with E-state index < -0.39 is 0 Å². The van der Waals surface area contributed by atoms with Gasteiger partial charge < -0.3 is 10.1 Å². The first-order valence-corrected chi connectivity index (χ1v) is 7.38. The van der Waals surface area contributed by atoms with E-state index in [4.69, 9.17) is 4.74 Å². The van der Waals surface area contributed by atoms with Gasteiger partial charge in [-0.3, -0.25) is 0 Å². The largest absolute Gasteiger partial charge is 0.493 e. The van der Waals surface area contributed by atoms with Crippen molar-refractivity contribution in [3.63, 3.8) is 0 Å². The molecule has 0 spiro atoms. The molecule has 1 aromatic heterocycles. The minimum absolute atomic E-state index is 0.293. The predicted molar refractivity (Wildman–Crippen MR) is 80.0 cm³/mol. The summed E-state index contributed by atoms with van der Waals surface area (Å²) in [6.45, 7) is 4.87. The first-order chi connectivity index (χ1) is 9.22. The maximum absolute atomic E-state index is 5.93. The van der Waals surface area contributed by atoms with E-state index in [-0.39, 0.29) is 0 Å². The predicted octanol–water partition coefficient (Wildman–Crippen LogP) is 3.35. The Bertz CT molecular complexity index is 524. The summed E-state index contributed by atoms with van der Waals surface area (Å²) in [5, 5.41) is 3.25. The van der Waals surface area contributed by atoms with E-state index in [0.717, 1.165) is 17.9 Å². The van der Waals surface area contributed by atoms with Crippen LogP contribution >= 0.6 is 11.3 Å². The second kappa shape index (κ2) is 6.68. The quantitative estimate of drug-likeness (QED) is 0.878. The molecule has 4 heteroatoms. The number of aromatic nitrogens is 1. The molecule has 1 aromatic carbocycles. The van der Waals surface area contributed by atoms with Crippen LogP contribution in [0.25, 0.3) is 0 Å². The summed E-state index contributed by atoms with van der Waals surface area (Å²) in [4.78, 5) is 5.56. The van der Waals surface area contributed by atoms with Crippen LogP contribution in [0, 0.1) is 6.92 Å². The van der Waals surface area contributed by atoms with Gasteiger partial charge in [0, 0.05) is 22.9 Å². The van der Waals surface area contributed by atoms with Crippen LogP contribution in [0.5, 0.6) is 5.75 Å². The molecule has 0 saturated carbocycles. The molecule has 1 unspecified atom stereocenters. The Morgan fingerprint density at radius 2 is 2.16 bits per heavy atom. The second-order valence-electron chi connectivity index (χ2n) is 4.51. The first-order valence-electron chi connectivity index (χ1n) is 6.50. The molecule has 2 rings (SSSR count). The van der Waals surface area contributed by atoms with E-state index in [1.807, 2.05) is 37.7 Å². The minimum atomic E-state index is 0.293. The van der Waals surface area contributed by atoms with Gasteiger partial charge in [-0.05, 0) is 27.0 Å². The Balaban J connectivity index is 1.98. The Morgan fingerprint density at radius 1 is 1.37 bits per heavy atom. The molecule has 2 aromatic rings. The van der Waals surface area contributed by atoms with Crippen molar-refractivity contribution in [2.45, 2.75) is 26.3 Å². The van der Waals surface area contributed by atoms with Gasteiger partial charge in [0.05, 0.1) is 17.8 Å². The molecule has 1 heterocycles. The average Bonchev–Trinajstić information content (AvgIpc) is 2.84. The van der Waals surface area contributed by atoms with E-state index in [1.54, 1.807) is 11.3 Å². The molecule has 0 fully saturated rings. The van der Waals surface area contributed by atoms with Gasteiger partial charge in [0.15, 0.2) is 0 Å². The highest BCUT2D eigenvalue weighted by Gasteiger charge is 2.09. The van der Waals surface area contributed by atoms with E-state index >= 15 is 0 Å². The lowest BCUT2D eigenvalue weighted by Crippen LogP contribution is -2.14. The van der Waals surface area contributed by atoms with Crippen LogP contribution in [0.3, 0.4) is 0 Å². The van der Waals surface area contributed by atoms with Crippen molar-refractivity contribution in [2.24, 2.45) is 0 Å². The fourth-order valence-electron chi connectivity index (χ4n) is 1.95. The topological polar surface area (TPSA) is 34.1 Å². The number of nitrogens with zero attached hydrogens (tertiary/aromatic N) is 1. The minimum Gasteiger partial charge on any atom is -0.493 e. The summed E-state index contributed by atoms with van der Waals surface area (Å²) in [5.41, 5.74) is 4.21. The van der Waals surface area contributed by atoms with Gasteiger partial charge >= 0.3 is 0 Å². The molecular formula is C15H20N2OS. The lowest BCUT2D eigenvalue weighted by Gasteiger charge is -2.16. The zero-order chi connectivity index (χ0) is 13.7. The number of thiazole rings is 1. The SMILES string of the molecule is CNC(C)c1ccccc1OCCc1scnc1C. The molecule has 19 heavy (non-hydrogen) atoms. The van der Waals surface area contributed by atoms with Crippen LogP contribution in [0.4, 0.5) is 0 Å². The maximum Gasteiger partial charge on any atom is 0.124 e. The number of benzene rings is 1. The summed E-state index contributed by atoms with van der Waals surface area (Å²) in [7, 11) is 1.96. The average molecular weight is 276 g/mol. The van der Waals surface area contributed by atoms with E-state index in [0.29, 0.717) is 12.6 Å². The second-order valence-corrected chi connectivity index (χ2v) is 5.45. The van der Waals surface area contributed by atoms with Crippen molar-refractivity contribution < 1.29 is 4.74 Å². The Labute approximate surface area is 118 Å². The summed E-state index contributed by atoms with van der Waals surface area (Å²) in [6.07, 6.45) is 0.915. The highest BCUT2D eigenvalue weighted by Crippen LogP contribution is 2.24. The normalized spacial score (nSPS) is 12.4. The van der Waals surface area contributed by atoms with Crippen LogP contribution in [0.2, 0.25) is 0 Å². The van der Waals surface area contributed by atoms with Crippen LogP contribution in [-0.2, 0) is 6.42 Å². The highest BCUT2D eigenvalue weighted by molar-refractivity contribution is 7.09. The number of para-hydroxylation sites is 1. The summed E-state index contributed by atoms with van der Waals surface area (Å²) < 4.78 is 5.93. The maximum atomic E-state index is 5.93. The Morgan fingerprint density at radius 3 is 2.84 bits per heavy atom. The van der Waals surface area contributed by atoms with Crippen LogP contribution in [0.1, 0.15) is 29.1 Å². The van der Waals surface area contributed by atoms with Gasteiger partial charge in [-0.25, -0.2) is 4.98 Å². The standard InChI is InChI=1S/C15H20N2OS/c1-11(16-3)13-6-4-5-7-14(13)18-9-8-15-12(2)17-10-19-15/h4-7,10-11,16H,8-9H2,1-3H3. The Kier molecular flexibility index (Phi) is 4.93. The molecular weight excluding hydrogens is 256 g/mol. The summed E-state index contributed by atoms with van der Waals surface area (Å²) in [5.74, 6) is 0.964. The van der Waals surface area contributed by atoms with Crippen LogP contribution in [0.15, 0.2) is 29.8 Å². The molecule has 0 amide bonds. The van der Waals surface area contributed by atoms with Gasteiger partial charge in [0.1, 0.15) is 5.75 Å². The van der Waals surface area contributed by atoms with Crippen LogP contribution in [-0.4, -0.2) is 18.6 Å². The van der Waals surface area contributed by atoms with Crippen molar-refractivity contribution in [3.05, 3.63) is 45.9 Å². The van der Waals surface area contributed by atoms with Gasteiger partial charge in [-0.15, -0.1) is 11.3 Å². The highest BCUT2D eigenvalue weighted by atomic mass is 32.1. The smallest absolute Gasteiger partial charge is 0.124 e. The number of hydrogen-bond acceptors (Lipinski definition) is 4. The molecule has 0 aliphatic carbocycles. The fraction of sp³-hybridized carbons (Fsp3) is 0.400. The molecule has 0 aliphatic rings. The van der Waals surface area contributed by atoms with Crippen molar-refractivity contribution in [3.8, 4) is 5.75 Å². The molecule has 1 atom stereocenters. The third kappa shape index (κ3) is 3.55. The van der Waals surface area contributed by atoms with Gasteiger partial charge in [0.2, 0.25) is 0 Å². The van der Waals surface area contributed by atoms with Crippen LogP contribution < -0.4 is 10.1 Å². The third-order valence-corrected chi connectivity index (χ3v) is 4.24.